The Labute approximate surface area is 138 Å². The number of halogens is 2. The number of hydrogen-bond acceptors (Lipinski definition) is 1. The van der Waals surface area contributed by atoms with E-state index in [4.69, 9.17) is 11.6 Å². The Bertz CT molecular complexity index is 593. The molecule has 1 amide bonds. The van der Waals surface area contributed by atoms with Crippen LogP contribution in [0.15, 0.2) is 48.5 Å². The molecule has 0 saturated heterocycles. The number of rotatable bonds is 5. The Balaban J connectivity index is 1.85. The van der Waals surface area contributed by atoms with Crippen LogP contribution in [0.25, 0.3) is 0 Å². The highest BCUT2D eigenvalue weighted by Crippen LogP contribution is 2.21. The van der Waals surface area contributed by atoms with E-state index in [1.807, 2.05) is 48.5 Å². The first-order chi connectivity index (χ1) is 10.1. The fourth-order valence-corrected chi connectivity index (χ4v) is 2.40. The van der Waals surface area contributed by atoms with Gasteiger partial charge in [0.25, 0.3) is 5.91 Å². The average Bonchev–Trinajstić information content (AvgIpc) is 2.49. The summed E-state index contributed by atoms with van der Waals surface area (Å²) in [5.74, 6) is -0.0438. The minimum atomic E-state index is -0.0438. The van der Waals surface area contributed by atoms with Gasteiger partial charge in [-0.3, -0.25) is 4.79 Å². The third-order valence-corrected chi connectivity index (χ3v) is 4.03. The largest absolute Gasteiger partial charge is 0.352 e. The lowest BCUT2D eigenvalue weighted by Crippen LogP contribution is -2.25. The van der Waals surface area contributed by atoms with Crippen molar-refractivity contribution in [2.24, 2.45) is 0 Å². The molecule has 2 nitrogen and oxygen atoms in total. The maximum Gasteiger partial charge on any atom is 0.251 e. The van der Waals surface area contributed by atoms with Crippen LogP contribution < -0.4 is 5.32 Å². The van der Waals surface area contributed by atoms with Crippen LogP contribution in [0.5, 0.6) is 0 Å². The van der Waals surface area contributed by atoms with Gasteiger partial charge in [-0.2, -0.15) is 0 Å². The molecule has 0 aliphatic rings. The Morgan fingerprint density at radius 2 is 1.76 bits per heavy atom. The first kappa shape index (κ1) is 16.1. The second kappa shape index (κ2) is 7.62. The number of benzene rings is 2. The summed E-state index contributed by atoms with van der Waals surface area (Å²) in [5, 5.41) is 3.65. The highest BCUT2D eigenvalue weighted by Gasteiger charge is 2.06. The van der Waals surface area contributed by atoms with Crippen molar-refractivity contribution < 1.29 is 4.79 Å². The van der Waals surface area contributed by atoms with Crippen molar-refractivity contribution in [1.82, 2.24) is 5.32 Å². The minimum Gasteiger partial charge on any atom is -0.352 e. The van der Waals surface area contributed by atoms with Gasteiger partial charge < -0.3 is 5.32 Å². The van der Waals surface area contributed by atoms with E-state index in [1.165, 1.54) is 0 Å². The molecule has 0 bridgehead atoms. The molecule has 2 rings (SSSR count). The van der Waals surface area contributed by atoms with Crippen molar-refractivity contribution in [3.8, 4) is 0 Å². The van der Waals surface area contributed by atoms with Crippen LogP contribution in [0.4, 0.5) is 0 Å². The maximum absolute atomic E-state index is 12.0. The van der Waals surface area contributed by atoms with Crippen molar-refractivity contribution in [1.29, 1.82) is 0 Å². The summed E-state index contributed by atoms with van der Waals surface area (Å²) in [5.41, 5.74) is 3.00. The Morgan fingerprint density at radius 3 is 2.33 bits per heavy atom. The Morgan fingerprint density at radius 1 is 1.14 bits per heavy atom. The Hall–Kier alpha value is -1.32. The number of carbonyl (C=O) groups excluding carboxylic acids is 1. The van der Waals surface area contributed by atoms with E-state index in [0.717, 1.165) is 22.6 Å². The number of hydrogen-bond donors (Lipinski definition) is 1. The molecular weight excluding hydrogens is 350 g/mol. The molecule has 0 heterocycles. The van der Waals surface area contributed by atoms with E-state index in [-0.39, 0.29) is 5.91 Å². The van der Waals surface area contributed by atoms with E-state index >= 15 is 0 Å². The zero-order chi connectivity index (χ0) is 15.2. The predicted octanol–water partition coefficient (Wildman–Crippen LogP) is 4.77. The zero-order valence-corrected chi connectivity index (χ0v) is 14.1. The molecule has 110 valence electrons. The normalized spacial score (nSPS) is 12.0. The van der Waals surface area contributed by atoms with Crippen molar-refractivity contribution in [2.75, 3.05) is 6.54 Å². The van der Waals surface area contributed by atoms with E-state index in [9.17, 15) is 4.79 Å². The van der Waals surface area contributed by atoms with Gasteiger partial charge in [0.1, 0.15) is 0 Å². The first-order valence-corrected chi connectivity index (χ1v) is 8.12. The van der Waals surface area contributed by atoms with Crippen molar-refractivity contribution >= 4 is 33.4 Å². The molecule has 0 radical (unpaired) electrons. The third-order valence-electron chi connectivity index (χ3n) is 3.24. The summed E-state index contributed by atoms with van der Waals surface area (Å²) < 4.78 is 0. The van der Waals surface area contributed by atoms with E-state index < -0.39 is 0 Å². The van der Waals surface area contributed by atoms with Crippen LogP contribution in [-0.2, 0) is 6.42 Å². The fraction of sp³-hybridized carbons (Fsp3) is 0.235. The molecule has 0 saturated carbocycles. The topological polar surface area (TPSA) is 29.1 Å². The van der Waals surface area contributed by atoms with Gasteiger partial charge in [0, 0.05) is 22.0 Å². The maximum atomic E-state index is 12.0. The smallest absolute Gasteiger partial charge is 0.251 e. The summed E-state index contributed by atoms with van der Waals surface area (Å²) in [7, 11) is 0. The van der Waals surface area contributed by atoms with Crippen LogP contribution in [0.2, 0.25) is 5.02 Å². The standard InChI is InChI=1S/C17H17BrClNO/c1-12(18)14-4-6-15(7-5-14)17(21)20-11-10-13-2-8-16(19)9-3-13/h2-9,12H,10-11H2,1H3,(H,20,21). The molecule has 21 heavy (non-hydrogen) atoms. The lowest BCUT2D eigenvalue weighted by atomic mass is 10.1. The molecule has 2 aromatic carbocycles. The summed E-state index contributed by atoms with van der Waals surface area (Å²) in [6.45, 7) is 2.66. The van der Waals surface area contributed by atoms with Gasteiger partial charge in [-0.1, -0.05) is 51.8 Å². The molecule has 0 fully saturated rings. The first-order valence-electron chi connectivity index (χ1n) is 6.83. The molecule has 1 atom stereocenters. The summed E-state index contributed by atoms with van der Waals surface area (Å²) in [6.07, 6.45) is 0.791. The summed E-state index contributed by atoms with van der Waals surface area (Å²) in [4.78, 5) is 12.3. The lowest BCUT2D eigenvalue weighted by Gasteiger charge is -2.07. The van der Waals surface area contributed by atoms with Gasteiger partial charge in [-0.15, -0.1) is 0 Å². The van der Waals surface area contributed by atoms with Gasteiger partial charge >= 0.3 is 0 Å². The second-order valence-corrected chi connectivity index (χ2v) is 6.68. The van der Waals surface area contributed by atoms with Crippen LogP contribution in [0.1, 0.15) is 33.2 Å². The highest BCUT2D eigenvalue weighted by atomic mass is 79.9. The molecule has 2 aromatic rings. The van der Waals surface area contributed by atoms with E-state index in [1.54, 1.807) is 0 Å². The minimum absolute atomic E-state index is 0.0438. The SMILES string of the molecule is CC(Br)c1ccc(C(=O)NCCc2ccc(Cl)cc2)cc1. The molecule has 1 unspecified atom stereocenters. The zero-order valence-electron chi connectivity index (χ0n) is 11.8. The monoisotopic (exact) mass is 365 g/mol. The number of nitrogens with one attached hydrogen (secondary N) is 1. The van der Waals surface area contributed by atoms with Gasteiger partial charge in [-0.25, -0.2) is 0 Å². The number of amides is 1. The molecular formula is C17H17BrClNO. The van der Waals surface area contributed by atoms with Crippen molar-refractivity contribution in [3.63, 3.8) is 0 Å². The van der Waals surface area contributed by atoms with Crippen molar-refractivity contribution in [2.45, 2.75) is 18.2 Å². The van der Waals surface area contributed by atoms with Crippen LogP contribution in [0.3, 0.4) is 0 Å². The lowest BCUT2D eigenvalue weighted by molar-refractivity contribution is 0.0954. The van der Waals surface area contributed by atoms with Gasteiger partial charge in [0.2, 0.25) is 0 Å². The summed E-state index contributed by atoms with van der Waals surface area (Å²) in [6, 6.07) is 15.3. The number of carbonyl (C=O) groups is 1. The highest BCUT2D eigenvalue weighted by molar-refractivity contribution is 9.09. The second-order valence-electron chi connectivity index (χ2n) is 4.87. The molecule has 0 spiro atoms. The quantitative estimate of drug-likeness (QED) is 0.759. The molecule has 0 aliphatic carbocycles. The number of alkyl halides is 1. The predicted molar refractivity (Wildman–Crippen MR) is 91.3 cm³/mol. The fourth-order valence-electron chi connectivity index (χ4n) is 1.97. The molecule has 4 heteroatoms. The molecule has 0 aromatic heterocycles. The average molecular weight is 367 g/mol. The van der Waals surface area contributed by atoms with Gasteiger partial charge in [-0.05, 0) is 48.7 Å². The summed E-state index contributed by atoms with van der Waals surface area (Å²) >= 11 is 9.35. The van der Waals surface area contributed by atoms with Crippen LogP contribution in [-0.4, -0.2) is 12.5 Å². The molecule has 1 N–H and O–H groups in total. The van der Waals surface area contributed by atoms with E-state index in [0.29, 0.717) is 16.9 Å². The van der Waals surface area contributed by atoms with Gasteiger partial charge in [0.05, 0.1) is 0 Å². The van der Waals surface area contributed by atoms with Crippen LogP contribution in [0, 0.1) is 0 Å². The van der Waals surface area contributed by atoms with E-state index in [2.05, 4.69) is 28.2 Å². The molecule has 0 aliphatic heterocycles. The Kier molecular flexibility index (Phi) is 5.83. The third kappa shape index (κ3) is 4.87. The van der Waals surface area contributed by atoms with Crippen molar-refractivity contribution in [3.05, 3.63) is 70.2 Å². The van der Waals surface area contributed by atoms with Crippen LogP contribution >= 0.6 is 27.5 Å². The van der Waals surface area contributed by atoms with Gasteiger partial charge in [0.15, 0.2) is 0 Å².